The fourth-order valence-corrected chi connectivity index (χ4v) is 6.63. The summed E-state index contributed by atoms with van der Waals surface area (Å²) >= 11 is 6.66. The zero-order valence-corrected chi connectivity index (χ0v) is 26.5. The number of aryl methyl sites for hydroxylation is 2. The van der Waals surface area contributed by atoms with E-state index in [1.165, 1.54) is 6.07 Å². The van der Waals surface area contributed by atoms with Crippen LogP contribution in [-0.4, -0.2) is 61.8 Å². The van der Waals surface area contributed by atoms with E-state index in [1.54, 1.807) is 37.3 Å². The molecule has 8 nitrogen and oxygen atoms in total. The topological polar surface area (TPSA) is 113 Å². The van der Waals surface area contributed by atoms with Crippen molar-refractivity contribution in [1.29, 1.82) is 0 Å². The van der Waals surface area contributed by atoms with Crippen LogP contribution < -0.4 is 5.32 Å². The summed E-state index contributed by atoms with van der Waals surface area (Å²) in [5, 5.41) is 14.7. The van der Waals surface area contributed by atoms with Crippen molar-refractivity contribution in [3.8, 4) is 11.1 Å². The number of sulfone groups is 1. The maximum atomic E-state index is 13.2. The van der Waals surface area contributed by atoms with Crippen LogP contribution in [0.4, 0.5) is 0 Å². The van der Waals surface area contributed by atoms with E-state index in [-0.39, 0.29) is 47.6 Å². The number of likely N-dealkylation sites (tertiary alicyclic amines) is 1. The van der Waals surface area contributed by atoms with Crippen molar-refractivity contribution in [1.82, 2.24) is 10.2 Å². The van der Waals surface area contributed by atoms with E-state index in [2.05, 4.69) is 5.32 Å². The highest BCUT2D eigenvalue weighted by Crippen LogP contribution is 2.44. The van der Waals surface area contributed by atoms with Crippen LogP contribution in [0.25, 0.3) is 16.7 Å². The minimum atomic E-state index is -3.41. The molecule has 11 heteroatoms. The molecule has 2 aliphatic heterocycles. The number of benzene rings is 3. The van der Waals surface area contributed by atoms with Crippen LogP contribution in [0.15, 0.2) is 71.3 Å². The van der Waals surface area contributed by atoms with Crippen LogP contribution in [-0.2, 0) is 30.7 Å². The number of carbonyl (C=O) groups excluding carboxylic acids is 2. The van der Waals surface area contributed by atoms with Crippen molar-refractivity contribution in [2.24, 2.45) is 0 Å². The number of hydrogen-bond donors (Lipinski definition) is 2. The highest BCUT2D eigenvalue weighted by atomic mass is 35.5. The normalized spacial score (nSPS) is 18.8. The average Bonchev–Trinajstić information content (AvgIpc) is 3.16. The minimum Gasteiger partial charge on any atom is -0.507 e. The molecule has 228 valence electrons. The first kappa shape index (κ1) is 32.5. The number of halogens is 2. The maximum absolute atomic E-state index is 13.2. The molecular weight excluding hydrogens is 611 g/mol. The van der Waals surface area contributed by atoms with Gasteiger partial charge in [-0.3, -0.25) is 9.69 Å². The van der Waals surface area contributed by atoms with Gasteiger partial charge in [0.1, 0.15) is 5.57 Å². The van der Waals surface area contributed by atoms with Gasteiger partial charge in [-0.2, -0.15) is 0 Å². The van der Waals surface area contributed by atoms with Gasteiger partial charge in [-0.15, -0.1) is 12.4 Å². The molecule has 1 unspecified atom stereocenters. The Bertz CT molecular complexity index is 1720. The highest BCUT2D eigenvalue weighted by molar-refractivity contribution is 7.90. The molecule has 0 aromatic heterocycles. The first-order chi connectivity index (χ1) is 19.9. The zero-order chi connectivity index (χ0) is 30.2. The second-order valence-electron chi connectivity index (χ2n) is 11.1. The van der Waals surface area contributed by atoms with Crippen molar-refractivity contribution in [2.75, 3.05) is 25.9 Å². The van der Waals surface area contributed by atoms with E-state index in [1.807, 2.05) is 36.1 Å². The van der Waals surface area contributed by atoms with Gasteiger partial charge in [0.15, 0.2) is 21.2 Å². The summed E-state index contributed by atoms with van der Waals surface area (Å²) < 4.78 is 30.0. The second-order valence-corrected chi connectivity index (χ2v) is 13.5. The molecule has 43 heavy (non-hydrogen) atoms. The van der Waals surface area contributed by atoms with Crippen molar-refractivity contribution in [3.63, 3.8) is 0 Å². The molecule has 1 spiro atoms. The van der Waals surface area contributed by atoms with E-state index in [4.69, 9.17) is 16.3 Å². The molecule has 5 rings (SSSR count). The Balaban J connectivity index is 0.00000423. The third kappa shape index (κ3) is 6.75. The summed E-state index contributed by atoms with van der Waals surface area (Å²) in [6, 6.07) is 17.7. The monoisotopic (exact) mass is 644 g/mol. The molecule has 0 saturated carbocycles. The first-order valence-electron chi connectivity index (χ1n) is 13.7. The van der Waals surface area contributed by atoms with Crippen LogP contribution in [0.5, 0.6) is 0 Å². The quantitative estimate of drug-likeness (QED) is 0.330. The Morgan fingerprint density at radius 2 is 1.81 bits per heavy atom. The van der Waals surface area contributed by atoms with Gasteiger partial charge < -0.3 is 15.2 Å². The van der Waals surface area contributed by atoms with Gasteiger partial charge in [0.2, 0.25) is 5.91 Å². The number of carbonyl (C=O) groups is 2. The predicted molar refractivity (Wildman–Crippen MR) is 169 cm³/mol. The Kier molecular flexibility index (Phi) is 9.61. The number of aliphatic hydroxyl groups is 1. The van der Waals surface area contributed by atoms with Gasteiger partial charge >= 0.3 is 5.97 Å². The van der Waals surface area contributed by atoms with Crippen LogP contribution in [0, 0.1) is 13.8 Å². The summed E-state index contributed by atoms with van der Waals surface area (Å²) in [6.45, 7) is 5.14. The fourth-order valence-electron chi connectivity index (χ4n) is 5.69. The molecule has 1 atom stereocenters. The molecule has 2 N–H and O–H groups in total. The third-order valence-electron chi connectivity index (χ3n) is 7.96. The number of nitrogens with one attached hydrogen (secondary N) is 1. The molecule has 0 aliphatic carbocycles. The molecule has 1 amide bonds. The van der Waals surface area contributed by atoms with E-state index in [0.29, 0.717) is 53.2 Å². The van der Waals surface area contributed by atoms with Crippen LogP contribution in [0.2, 0.25) is 5.02 Å². The zero-order valence-electron chi connectivity index (χ0n) is 24.1. The number of amides is 1. The highest BCUT2D eigenvalue weighted by Gasteiger charge is 2.51. The predicted octanol–water partition coefficient (Wildman–Crippen LogP) is 5.43. The number of aliphatic hydroxyl groups excluding tert-OH is 1. The lowest BCUT2D eigenvalue weighted by atomic mass is 9.87. The lowest BCUT2D eigenvalue weighted by Gasteiger charge is -2.38. The van der Waals surface area contributed by atoms with E-state index < -0.39 is 21.4 Å². The second kappa shape index (κ2) is 12.7. The van der Waals surface area contributed by atoms with Crippen molar-refractivity contribution >= 4 is 51.3 Å². The Hall–Kier alpha value is -3.37. The molecule has 2 heterocycles. The summed E-state index contributed by atoms with van der Waals surface area (Å²) in [6.07, 6.45) is 2.20. The number of ether oxygens (including phenoxy) is 1. The molecule has 3 aromatic rings. The average molecular weight is 646 g/mol. The van der Waals surface area contributed by atoms with Crippen LogP contribution in [0.1, 0.15) is 35.1 Å². The van der Waals surface area contributed by atoms with E-state index in [0.717, 1.165) is 17.4 Å². The molecule has 1 saturated heterocycles. The maximum Gasteiger partial charge on any atom is 0.343 e. The van der Waals surface area contributed by atoms with Crippen LogP contribution >= 0.6 is 24.0 Å². The lowest BCUT2D eigenvalue weighted by Crippen LogP contribution is -2.52. The van der Waals surface area contributed by atoms with Crippen molar-refractivity contribution in [2.45, 2.75) is 43.7 Å². The van der Waals surface area contributed by atoms with E-state index in [9.17, 15) is 23.1 Å². The fraction of sp³-hybridized carbons (Fsp3) is 0.312. The van der Waals surface area contributed by atoms with Gasteiger partial charge in [-0.05, 0) is 85.3 Å². The summed E-state index contributed by atoms with van der Waals surface area (Å²) in [5.41, 5.74) is 3.27. The number of esters is 1. The largest absolute Gasteiger partial charge is 0.507 e. The lowest BCUT2D eigenvalue weighted by molar-refractivity contribution is -0.152. The van der Waals surface area contributed by atoms with Gasteiger partial charge in [0, 0.05) is 29.9 Å². The summed E-state index contributed by atoms with van der Waals surface area (Å²) in [7, 11) is -3.41. The standard InChI is InChI=1S/C32H33ClN2O6S.ClH/c1-20-8-4-5-9-23(20)17-34-28(36)18-35-13-7-12-32(19-35)30(37)29(31(38)41-32)25-16-27(33)26(14-21(25)2)22-10-6-11-24(15-22)42(3,39)40;/h4-6,8-11,14-16,37H,7,12-13,17-19H2,1-3H3,(H,34,36);1H. The van der Waals surface area contributed by atoms with Gasteiger partial charge in [0.05, 0.1) is 11.4 Å². The molecule has 2 aliphatic rings. The molecule has 1 fully saturated rings. The van der Waals surface area contributed by atoms with Crippen molar-refractivity contribution < 1.29 is 27.9 Å². The Labute approximate surface area is 263 Å². The van der Waals surface area contributed by atoms with E-state index >= 15 is 0 Å². The van der Waals surface area contributed by atoms with Gasteiger partial charge in [-0.25, -0.2) is 13.2 Å². The molecular formula is C32H34Cl2N2O6S. The Morgan fingerprint density at radius 1 is 1.07 bits per heavy atom. The van der Waals surface area contributed by atoms with Crippen LogP contribution in [0.3, 0.4) is 0 Å². The number of rotatable bonds is 7. The smallest absolute Gasteiger partial charge is 0.343 e. The number of nitrogens with zero attached hydrogens (tertiary/aromatic N) is 1. The minimum absolute atomic E-state index is 0. The Morgan fingerprint density at radius 3 is 2.53 bits per heavy atom. The number of hydrogen-bond acceptors (Lipinski definition) is 7. The molecule has 0 bridgehead atoms. The molecule has 3 aromatic carbocycles. The third-order valence-corrected chi connectivity index (χ3v) is 9.38. The first-order valence-corrected chi connectivity index (χ1v) is 16.0. The summed E-state index contributed by atoms with van der Waals surface area (Å²) in [4.78, 5) is 28.0. The SMILES string of the molecule is Cc1ccccc1CNC(=O)CN1CCCC2(C1)OC(=O)C(c1cc(Cl)c(-c3cccc(S(C)(=O)=O)c3)cc1C)=C2O.Cl. The van der Waals surface area contributed by atoms with Gasteiger partial charge in [-0.1, -0.05) is 48.0 Å². The number of piperidine rings is 1. The molecule has 0 radical (unpaired) electrons. The summed E-state index contributed by atoms with van der Waals surface area (Å²) in [5.74, 6) is -0.964. The van der Waals surface area contributed by atoms with Gasteiger partial charge in [0.25, 0.3) is 0 Å². The van der Waals surface area contributed by atoms with Crippen molar-refractivity contribution in [3.05, 3.63) is 93.7 Å².